The normalized spacial score (nSPS) is 21.1. The standard InChI is InChI=1S/C10H18F2N2/c1-8(2)13-9(3)14-6-4-10(11,12)5-7-14/h8,13H,3-7H2,1-2H3. The molecule has 0 amide bonds. The Kier molecular flexibility index (Phi) is 3.34. The number of alkyl halides is 2. The lowest BCUT2D eigenvalue weighted by molar-refractivity contribution is -0.0500. The van der Waals surface area contributed by atoms with Gasteiger partial charge in [0.2, 0.25) is 0 Å². The molecule has 1 saturated heterocycles. The lowest BCUT2D eigenvalue weighted by atomic mass is 10.1. The minimum Gasteiger partial charge on any atom is -0.370 e. The molecule has 0 spiro atoms. The Labute approximate surface area is 84.0 Å². The number of piperidine rings is 1. The summed E-state index contributed by atoms with van der Waals surface area (Å²) in [6.07, 6.45) is -0.127. The molecule has 82 valence electrons. The first-order valence-electron chi connectivity index (χ1n) is 4.99. The van der Waals surface area contributed by atoms with Gasteiger partial charge >= 0.3 is 0 Å². The summed E-state index contributed by atoms with van der Waals surface area (Å²) in [5.41, 5.74) is 0. The minimum atomic E-state index is -2.48. The number of nitrogens with zero attached hydrogens (tertiary/aromatic N) is 1. The predicted octanol–water partition coefficient (Wildman–Crippen LogP) is 2.19. The molecular formula is C10H18F2N2. The molecular weight excluding hydrogens is 186 g/mol. The van der Waals surface area contributed by atoms with Crippen molar-refractivity contribution in [3.05, 3.63) is 12.4 Å². The SMILES string of the molecule is C=C(NC(C)C)N1CCC(F)(F)CC1. The van der Waals surface area contributed by atoms with Crippen molar-refractivity contribution in [2.24, 2.45) is 0 Å². The summed E-state index contributed by atoms with van der Waals surface area (Å²) in [7, 11) is 0. The summed E-state index contributed by atoms with van der Waals surface area (Å²) in [6.45, 7) is 8.63. The zero-order valence-corrected chi connectivity index (χ0v) is 8.82. The van der Waals surface area contributed by atoms with Crippen LogP contribution >= 0.6 is 0 Å². The highest BCUT2D eigenvalue weighted by atomic mass is 19.3. The van der Waals surface area contributed by atoms with E-state index in [2.05, 4.69) is 11.9 Å². The summed E-state index contributed by atoms with van der Waals surface area (Å²) in [5.74, 6) is -1.72. The van der Waals surface area contributed by atoms with Crippen molar-refractivity contribution in [1.82, 2.24) is 10.2 Å². The van der Waals surface area contributed by atoms with Crippen molar-refractivity contribution in [2.45, 2.75) is 38.7 Å². The van der Waals surface area contributed by atoms with Crippen LogP contribution in [0.15, 0.2) is 12.4 Å². The fourth-order valence-corrected chi connectivity index (χ4v) is 1.53. The topological polar surface area (TPSA) is 15.3 Å². The quantitative estimate of drug-likeness (QED) is 0.758. The van der Waals surface area contributed by atoms with Gasteiger partial charge < -0.3 is 10.2 Å². The lowest BCUT2D eigenvalue weighted by Gasteiger charge is -2.35. The van der Waals surface area contributed by atoms with Crippen molar-refractivity contribution in [3.8, 4) is 0 Å². The summed E-state index contributed by atoms with van der Waals surface area (Å²) in [4.78, 5) is 1.89. The number of rotatable bonds is 3. The second-order valence-corrected chi connectivity index (χ2v) is 4.09. The lowest BCUT2D eigenvalue weighted by Crippen LogP contribution is -2.43. The van der Waals surface area contributed by atoms with Gasteiger partial charge in [0.05, 0.1) is 5.82 Å². The van der Waals surface area contributed by atoms with Crippen molar-refractivity contribution in [3.63, 3.8) is 0 Å². The van der Waals surface area contributed by atoms with E-state index in [1.54, 1.807) is 0 Å². The molecule has 0 bridgehead atoms. The van der Waals surface area contributed by atoms with Crippen LogP contribution in [0, 0.1) is 0 Å². The maximum atomic E-state index is 12.8. The van der Waals surface area contributed by atoms with E-state index in [1.165, 1.54) is 0 Å². The van der Waals surface area contributed by atoms with Crippen LogP contribution in [0.1, 0.15) is 26.7 Å². The Morgan fingerprint density at radius 1 is 1.36 bits per heavy atom. The van der Waals surface area contributed by atoms with E-state index < -0.39 is 5.92 Å². The predicted molar refractivity (Wildman–Crippen MR) is 53.2 cm³/mol. The molecule has 4 heteroatoms. The van der Waals surface area contributed by atoms with Crippen LogP contribution in [-0.2, 0) is 0 Å². The highest BCUT2D eigenvalue weighted by Crippen LogP contribution is 2.28. The third kappa shape index (κ3) is 3.16. The van der Waals surface area contributed by atoms with Gasteiger partial charge in [-0.1, -0.05) is 6.58 Å². The maximum absolute atomic E-state index is 12.8. The fraction of sp³-hybridized carbons (Fsp3) is 0.800. The minimum absolute atomic E-state index is 0.0637. The van der Waals surface area contributed by atoms with Crippen molar-refractivity contribution in [1.29, 1.82) is 0 Å². The third-order valence-electron chi connectivity index (χ3n) is 2.33. The van der Waals surface area contributed by atoms with Gasteiger partial charge in [0.1, 0.15) is 0 Å². The number of nitrogens with one attached hydrogen (secondary N) is 1. The number of hydrogen-bond acceptors (Lipinski definition) is 2. The molecule has 0 aliphatic carbocycles. The largest absolute Gasteiger partial charge is 0.370 e. The average molecular weight is 204 g/mol. The van der Waals surface area contributed by atoms with E-state index in [4.69, 9.17) is 0 Å². The van der Waals surface area contributed by atoms with E-state index >= 15 is 0 Å². The molecule has 1 rings (SSSR count). The molecule has 1 heterocycles. The monoisotopic (exact) mass is 204 g/mol. The Hall–Kier alpha value is -0.800. The van der Waals surface area contributed by atoms with E-state index in [-0.39, 0.29) is 12.8 Å². The van der Waals surface area contributed by atoms with Crippen LogP contribution < -0.4 is 5.32 Å². The number of hydrogen-bond donors (Lipinski definition) is 1. The molecule has 1 aliphatic heterocycles. The second-order valence-electron chi connectivity index (χ2n) is 4.09. The Balaban J connectivity index is 2.38. The highest BCUT2D eigenvalue weighted by molar-refractivity contribution is 4.95. The molecule has 1 aliphatic rings. The first kappa shape index (κ1) is 11.3. The van der Waals surface area contributed by atoms with Gasteiger partial charge in [-0.25, -0.2) is 8.78 Å². The van der Waals surface area contributed by atoms with Gasteiger partial charge in [0.25, 0.3) is 5.92 Å². The first-order valence-corrected chi connectivity index (χ1v) is 4.99. The second kappa shape index (κ2) is 4.15. The van der Waals surface area contributed by atoms with Gasteiger partial charge in [0, 0.05) is 32.0 Å². The average Bonchev–Trinajstić information content (AvgIpc) is 2.02. The summed E-state index contributed by atoms with van der Waals surface area (Å²) in [6, 6.07) is 0.296. The summed E-state index contributed by atoms with van der Waals surface area (Å²) in [5, 5.41) is 3.13. The van der Waals surface area contributed by atoms with Crippen LogP contribution in [-0.4, -0.2) is 30.0 Å². The van der Waals surface area contributed by atoms with Crippen LogP contribution in [0.25, 0.3) is 0 Å². The van der Waals surface area contributed by atoms with Crippen molar-refractivity contribution >= 4 is 0 Å². The van der Waals surface area contributed by atoms with Gasteiger partial charge in [-0.3, -0.25) is 0 Å². The van der Waals surface area contributed by atoms with Crippen molar-refractivity contribution in [2.75, 3.05) is 13.1 Å². The van der Waals surface area contributed by atoms with E-state index in [9.17, 15) is 8.78 Å². The molecule has 14 heavy (non-hydrogen) atoms. The summed E-state index contributed by atoms with van der Waals surface area (Å²) >= 11 is 0. The van der Waals surface area contributed by atoms with Gasteiger partial charge in [0.15, 0.2) is 0 Å². The molecule has 0 aromatic rings. The van der Waals surface area contributed by atoms with Crippen LogP contribution in [0.4, 0.5) is 8.78 Å². The molecule has 0 saturated carbocycles. The third-order valence-corrected chi connectivity index (χ3v) is 2.33. The Morgan fingerprint density at radius 2 is 1.86 bits per heavy atom. The Morgan fingerprint density at radius 3 is 2.29 bits per heavy atom. The zero-order chi connectivity index (χ0) is 10.8. The molecule has 0 aromatic carbocycles. The van der Waals surface area contributed by atoms with Gasteiger partial charge in [-0.15, -0.1) is 0 Å². The molecule has 0 radical (unpaired) electrons. The molecule has 0 atom stereocenters. The molecule has 0 unspecified atom stereocenters. The smallest absolute Gasteiger partial charge is 0.251 e. The Bertz CT molecular complexity index is 204. The number of likely N-dealkylation sites (tertiary alicyclic amines) is 1. The van der Waals surface area contributed by atoms with Crippen molar-refractivity contribution < 1.29 is 8.78 Å². The molecule has 2 nitrogen and oxygen atoms in total. The molecule has 1 fully saturated rings. The molecule has 0 aromatic heterocycles. The fourth-order valence-electron chi connectivity index (χ4n) is 1.53. The number of halogens is 2. The molecule has 1 N–H and O–H groups in total. The van der Waals surface area contributed by atoms with Crippen LogP contribution in [0.3, 0.4) is 0 Å². The zero-order valence-electron chi connectivity index (χ0n) is 8.82. The van der Waals surface area contributed by atoms with E-state index in [0.717, 1.165) is 5.82 Å². The van der Waals surface area contributed by atoms with Gasteiger partial charge in [-0.05, 0) is 13.8 Å². The van der Waals surface area contributed by atoms with E-state index in [1.807, 2.05) is 18.7 Å². The van der Waals surface area contributed by atoms with Gasteiger partial charge in [-0.2, -0.15) is 0 Å². The maximum Gasteiger partial charge on any atom is 0.251 e. The first-order chi connectivity index (χ1) is 6.41. The van der Waals surface area contributed by atoms with E-state index in [0.29, 0.717) is 19.1 Å². The van der Waals surface area contributed by atoms with Crippen LogP contribution in [0.2, 0.25) is 0 Å². The summed E-state index contributed by atoms with van der Waals surface area (Å²) < 4.78 is 25.7. The highest BCUT2D eigenvalue weighted by Gasteiger charge is 2.34. The van der Waals surface area contributed by atoms with Crippen LogP contribution in [0.5, 0.6) is 0 Å².